The molecule has 4 nitrogen and oxygen atoms in total. The second-order valence-corrected chi connectivity index (χ2v) is 5.17. The lowest BCUT2D eigenvalue weighted by molar-refractivity contribution is 0.414. The van der Waals surface area contributed by atoms with E-state index in [1.165, 1.54) is 11.8 Å². The van der Waals surface area contributed by atoms with Crippen molar-refractivity contribution in [2.24, 2.45) is 0 Å². The Hall–Kier alpha value is -2.14. The number of ether oxygens (including phenoxy) is 1. The topological polar surface area (TPSA) is 63.9 Å². The molecule has 3 N–H and O–H groups in total. The predicted molar refractivity (Wildman–Crippen MR) is 77.6 cm³/mol. The number of anilines is 1. The van der Waals surface area contributed by atoms with Crippen molar-refractivity contribution in [3.05, 3.63) is 42.5 Å². The van der Waals surface area contributed by atoms with Crippen LogP contribution in [0.25, 0.3) is 11.0 Å². The Morgan fingerprint density at radius 3 is 2.84 bits per heavy atom. The van der Waals surface area contributed by atoms with Crippen LogP contribution in [0.2, 0.25) is 0 Å². The van der Waals surface area contributed by atoms with Crippen LogP contribution in [0, 0.1) is 0 Å². The standard InChI is InChI=1S/C14H13N3OS/c1-18-10-6-9(15)7-11(8-10)19-14-16-12-4-2-3-5-13(12)17-14/h2-8H,15H2,1H3,(H,16,17). The van der Waals surface area contributed by atoms with Crippen LogP contribution in [0.4, 0.5) is 5.69 Å². The lowest BCUT2D eigenvalue weighted by Gasteiger charge is -2.04. The van der Waals surface area contributed by atoms with Crippen molar-refractivity contribution in [2.45, 2.75) is 10.1 Å². The van der Waals surface area contributed by atoms with Crippen molar-refractivity contribution in [1.29, 1.82) is 0 Å². The van der Waals surface area contributed by atoms with Crippen molar-refractivity contribution < 1.29 is 4.74 Å². The van der Waals surface area contributed by atoms with Crippen LogP contribution in [0.3, 0.4) is 0 Å². The monoisotopic (exact) mass is 271 g/mol. The number of nitrogens with one attached hydrogen (secondary N) is 1. The molecule has 2 aromatic carbocycles. The van der Waals surface area contributed by atoms with Gasteiger partial charge in [0.2, 0.25) is 0 Å². The Morgan fingerprint density at radius 1 is 1.21 bits per heavy atom. The summed E-state index contributed by atoms with van der Waals surface area (Å²) in [5, 5.41) is 0.842. The van der Waals surface area contributed by atoms with Gasteiger partial charge < -0.3 is 15.5 Å². The quantitative estimate of drug-likeness (QED) is 0.717. The zero-order chi connectivity index (χ0) is 13.2. The molecule has 19 heavy (non-hydrogen) atoms. The van der Waals surface area contributed by atoms with E-state index < -0.39 is 0 Å². The molecular weight excluding hydrogens is 258 g/mol. The molecule has 1 heterocycles. The van der Waals surface area contributed by atoms with E-state index >= 15 is 0 Å². The zero-order valence-corrected chi connectivity index (χ0v) is 11.2. The molecular formula is C14H13N3OS. The van der Waals surface area contributed by atoms with Gasteiger partial charge in [0.05, 0.1) is 18.1 Å². The maximum Gasteiger partial charge on any atom is 0.171 e. The molecule has 0 aliphatic heterocycles. The normalized spacial score (nSPS) is 10.8. The highest BCUT2D eigenvalue weighted by Gasteiger charge is 2.06. The third kappa shape index (κ3) is 2.51. The number of benzene rings is 2. The van der Waals surface area contributed by atoms with Crippen molar-refractivity contribution in [3.8, 4) is 5.75 Å². The van der Waals surface area contributed by atoms with Gasteiger partial charge in [-0.25, -0.2) is 4.98 Å². The number of nitrogens with zero attached hydrogens (tertiary/aromatic N) is 1. The lowest BCUT2D eigenvalue weighted by Crippen LogP contribution is -1.89. The summed E-state index contributed by atoms with van der Waals surface area (Å²) in [6, 6.07) is 13.6. The van der Waals surface area contributed by atoms with Gasteiger partial charge in [0.25, 0.3) is 0 Å². The Kier molecular flexibility index (Phi) is 3.05. The molecule has 0 atom stereocenters. The van der Waals surface area contributed by atoms with E-state index in [2.05, 4.69) is 9.97 Å². The van der Waals surface area contributed by atoms with Gasteiger partial charge in [-0.15, -0.1) is 0 Å². The maximum absolute atomic E-state index is 5.84. The molecule has 0 saturated carbocycles. The first-order chi connectivity index (χ1) is 9.24. The molecule has 0 fully saturated rings. The van der Waals surface area contributed by atoms with E-state index in [1.54, 1.807) is 13.2 Å². The molecule has 0 radical (unpaired) electrons. The Morgan fingerprint density at radius 2 is 2.05 bits per heavy atom. The van der Waals surface area contributed by atoms with Crippen molar-refractivity contribution in [3.63, 3.8) is 0 Å². The number of hydrogen-bond donors (Lipinski definition) is 2. The average molecular weight is 271 g/mol. The van der Waals surface area contributed by atoms with Crippen LogP contribution >= 0.6 is 11.8 Å². The van der Waals surface area contributed by atoms with Crippen LogP contribution in [0.5, 0.6) is 5.75 Å². The molecule has 0 bridgehead atoms. The van der Waals surface area contributed by atoms with E-state index in [-0.39, 0.29) is 0 Å². The number of methoxy groups -OCH3 is 1. The fourth-order valence-corrected chi connectivity index (χ4v) is 2.76. The first-order valence-electron chi connectivity index (χ1n) is 5.82. The predicted octanol–water partition coefficient (Wildman–Crippen LogP) is 3.30. The lowest BCUT2D eigenvalue weighted by atomic mass is 10.3. The highest BCUT2D eigenvalue weighted by molar-refractivity contribution is 7.99. The molecule has 0 saturated heterocycles. The first-order valence-corrected chi connectivity index (χ1v) is 6.63. The third-order valence-corrected chi connectivity index (χ3v) is 3.58. The summed E-state index contributed by atoms with van der Waals surface area (Å²) in [5.41, 5.74) is 8.51. The second-order valence-electron chi connectivity index (χ2n) is 4.10. The van der Waals surface area contributed by atoms with Gasteiger partial charge in [0.15, 0.2) is 5.16 Å². The smallest absolute Gasteiger partial charge is 0.171 e. The molecule has 0 unspecified atom stereocenters. The first kappa shape index (κ1) is 11.9. The number of imidazole rings is 1. The minimum Gasteiger partial charge on any atom is -0.497 e. The molecule has 0 spiro atoms. The van der Waals surface area contributed by atoms with Gasteiger partial charge >= 0.3 is 0 Å². The van der Waals surface area contributed by atoms with Crippen LogP contribution in [-0.4, -0.2) is 17.1 Å². The maximum atomic E-state index is 5.84. The third-order valence-electron chi connectivity index (χ3n) is 2.72. The summed E-state index contributed by atoms with van der Waals surface area (Å²) in [7, 11) is 1.63. The van der Waals surface area contributed by atoms with Crippen LogP contribution in [0.15, 0.2) is 52.5 Å². The van der Waals surface area contributed by atoms with Gasteiger partial charge in [-0.05, 0) is 24.3 Å². The summed E-state index contributed by atoms with van der Waals surface area (Å²) >= 11 is 1.53. The van der Waals surface area contributed by atoms with E-state index in [0.717, 1.165) is 26.8 Å². The minimum absolute atomic E-state index is 0.679. The number of para-hydroxylation sites is 2. The van der Waals surface area contributed by atoms with Crippen LogP contribution < -0.4 is 10.5 Å². The number of aromatic amines is 1. The van der Waals surface area contributed by atoms with Crippen LogP contribution in [0.1, 0.15) is 0 Å². The number of nitrogen functional groups attached to an aromatic ring is 1. The Labute approximate surface area is 115 Å². The average Bonchev–Trinajstić information content (AvgIpc) is 2.80. The Bertz CT molecular complexity index is 691. The highest BCUT2D eigenvalue weighted by Crippen LogP contribution is 2.31. The molecule has 96 valence electrons. The molecule has 3 aromatic rings. The summed E-state index contributed by atoms with van der Waals surface area (Å²) in [6.45, 7) is 0. The van der Waals surface area contributed by atoms with Crippen molar-refractivity contribution in [1.82, 2.24) is 9.97 Å². The fraction of sp³-hybridized carbons (Fsp3) is 0.0714. The molecule has 0 aliphatic carbocycles. The SMILES string of the molecule is COc1cc(N)cc(Sc2nc3ccccc3[nH]2)c1. The number of fused-ring (bicyclic) bond motifs is 1. The molecule has 3 rings (SSSR count). The number of aromatic nitrogens is 2. The van der Waals surface area contributed by atoms with E-state index in [0.29, 0.717) is 5.69 Å². The van der Waals surface area contributed by atoms with Gasteiger partial charge in [-0.2, -0.15) is 0 Å². The largest absolute Gasteiger partial charge is 0.497 e. The van der Waals surface area contributed by atoms with Gasteiger partial charge in [0, 0.05) is 16.6 Å². The summed E-state index contributed by atoms with van der Waals surface area (Å²) in [4.78, 5) is 8.79. The molecule has 5 heteroatoms. The number of H-pyrrole nitrogens is 1. The molecule has 0 amide bonds. The van der Waals surface area contributed by atoms with E-state index in [4.69, 9.17) is 10.5 Å². The highest BCUT2D eigenvalue weighted by atomic mass is 32.2. The molecule has 1 aromatic heterocycles. The summed E-state index contributed by atoms with van der Waals surface area (Å²) in [5.74, 6) is 0.749. The number of nitrogens with two attached hydrogens (primary N) is 1. The number of hydrogen-bond acceptors (Lipinski definition) is 4. The van der Waals surface area contributed by atoms with Gasteiger partial charge in [0.1, 0.15) is 5.75 Å². The van der Waals surface area contributed by atoms with Crippen molar-refractivity contribution >= 4 is 28.5 Å². The van der Waals surface area contributed by atoms with Gasteiger partial charge in [-0.1, -0.05) is 23.9 Å². The van der Waals surface area contributed by atoms with Crippen LogP contribution in [-0.2, 0) is 0 Å². The van der Waals surface area contributed by atoms with Gasteiger partial charge in [-0.3, -0.25) is 0 Å². The zero-order valence-electron chi connectivity index (χ0n) is 10.4. The summed E-state index contributed by atoms with van der Waals surface area (Å²) in [6.07, 6.45) is 0. The second kappa shape index (κ2) is 4.85. The number of rotatable bonds is 3. The fourth-order valence-electron chi connectivity index (χ4n) is 1.86. The Balaban J connectivity index is 1.94. The van der Waals surface area contributed by atoms with E-state index in [9.17, 15) is 0 Å². The molecule has 0 aliphatic rings. The van der Waals surface area contributed by atoms with Crippen molar-refractivity contribution in [2.75, 3.05) is 12.8 Å². The minimum atomic E-state index is 0.679. The summed E-state index contributed by atoms with van der Waals surface area (Å²) < 4.78 is 5.21. The van der Waals surface area contributed by atoms with E-state index in [1.807, 2.05) is 36.4 Å².